The molecule has 16 heavy (non-hydrogen) atoms. The predicted octanol–water partition coefficient (Wildman–Crippen LogP) is 0.693. The minimum Gasteiger partial charge on any atom is -0.399 e. The fourth-order valence-corrected chi connectivity index (χ4v) is 1.29. The van der Waals surface area contributed by atoms with Gasteiger partial charge in [0.1, 0.15) is 5.69 Å². The molecule has 0 atom stereocenters. The summed E-state index contributed by atoms with van der Waals surface area (Å²) in [4.78, 5) is 10.8. The van der Waals surface area contributed by atoms with Gasteiger partial charge in [0, 0.05) is 11.9 Å². The fourth-order valence-electron chi connectivity index (χ4n) is 1.29. The summed E-state index contributed by atoms with van der Waals surface area (Å²) in [5.74, 6) is -1.12. The van der Waals surface area contributed by atoms with Crippen molar-refractivity contribution in [3.05, 3.63) is 42.0 Å². The van der Waals surface area contributed by atoms with Crippen LogP contribution in [0, 0.1) is 5.82 Å². The van der Waals surface area contributed by atoms with Crippen molar-refractivity contribution >= 4 is 11.6 Å². The molecule has 2 rings (SSSR count). The number of hydrogen-bond donors (Lipinski definition) is 2. The Morgan fingerprint density at radius 1 is 1.44 bits per heavy atom. The van der Waals surface area contributed by atoms with Crippen LogP contribution < -0.4 is 11.5 Å². The second-order valence-corrected chi connectivity index (χ2v) is 3.25. The molecule has 6 heteroatoms. The summed E-state index contributed by atoms with van der Waals surface area (Å²) in [7, 11) is 0. The van der Waals surface area contributed by atoms with Gasteiger partial charge in [-0.1, -0.05) is 0 Å². The molecule has 0 radical (unpaired) electrons. The Labute approximate surface area is 90.5 Å². The van der Waals surface area contributed by atoms with E-state index in [4.69, 9.17) is 11.5 Å². The van der Waals surface area contributed by atoms with Crippen LogP contribution >= 0.6 is 0 Å². The third-order valence-corrected chi connectivity index (χ3v) is 2.09. The number of carbonyl (C=O) groups is 1. The van der Waals surface area contributed by atoms with E-state index in [0.29, 0.717) is 5.69 Å². The Morgan fingerprint density at radius 3 is 2.75 bits per heavy atom. The molecule has 0 unspecified atom stereocenters. The van der Waals surface area contributed by atoms with E-state index < -0.39 is 11.7 Å². The van der Waals surface area contributed by atoms with Gasteiger partial charge >= 0.3 is 0 Å². The number of nitrogens with two attached hydrogens (primary N) is 2. The monoisotopic (exact) mass is 220 g/mol. The van der Waals surface area contributed by atoms with Gasteiger partial charge in [0.05, 0.1) is 11.8 Å². The zero-order chi connectivity index (χ0) is 11.7. The Kier molecular flexibility index (Phi) is 2.32. The van der Waals surface area contributed by atoms with Crippen LogP contribution in [0.3, 0.4) is 0 Å². The molecule has 0 aliphatic carbocycles. The number of rotatable bonds is 2. The van der Waals surface area contributed by atoms with Crippen molar-refractivity contribution in [3.63, 3.8) is 0 Å². The number of halogens is 1. The quantitative estimate of drug-likeness (QED) is 0.730. The van der Waals surface area contributed by atoms with E-state index in [0.717, 1.165) is 0 Å². The number of nitrogens with zero attached hydrogens (tertiary/aromatic N) is 2. The summed E-state index contributed by atoms with van der Waals surface area (Å²) in [6.07, 6.45) is 2.63. The lowest BCUT2D eigenvalue weighted by molar-refractivity contribution is 0.100. The minimum absolute atomic E-state index is 0.210. The zero-order valence-corrected chi connectivity index (χ0v) is 8.22. The number of carbonyl (C=O) groups excluding carboxylic acids is 1. The average Bonchev–Trinajstić information content (AvgIpc) is 2.66. The van der Waals surface area contributed by atoms with Gasteiger partial charge in [0.25, 0.3) is 5.91 Å². The van der Waals surface area contributed by atoms with Gasteiger partial charge in [-0.05, 0) is 18.2 Å². The lowest BCUT2D eigenvalue weighted by Crippen LogP contribution is -2.09. The molecule has 0 aliphatic heterocycles. The molecule has 0 bridgehead atoms. The first-order valence-corrected chi connectivity index (χ1v) is 4.48. The molecule has 0 saturated carbocycles. The number of hydrogen-bond acceptors (Lipinski definition) is 3. The summed E-state index contributed by atoms with van der Waals surface area (Å²) in [6.45, 7) is 0. The van der Waals surface area contributed by atoms with E-state index in [-0.39, 0.29) is 11.3 Å². The third-order valence-electron chi connectivity index (χ3n) is 2.09. The molecule has 0 fully saturated rings. The van der Waals surface area contributed by atoms with Crippen molar-refractivity contribution in [1.82, 2.24) is 9.78 Å². The van der Waals surface area contributed by atoms with Crippen LogP contribution in [0.15, 0.2) is 30.6 Å². The number of aromatic nitrogens is 2. The summed E-state index contributed by atoms with van der Waals surface area (Å²) in [5.41, 5.74) is 11.2. The third kappa shape index (κ3) is 1.72. The predicted molar refractivity (Wildman–Crippen MR) is 56.5 cm³/mol. The first-order valence-electron chi connectivity index (χ1n) is 4.48. The van der Waals surface area contributed by atoms with E-state index in [1.165, 1.54) is 29.2 Å². The highest BCUT2D eigenvalue weighted by atomic mass is 19.1. The van der Waals surface area contributed by atoms with E-state index in [1.54, 1.807) is 6.07 Å². The lowest BCUT2D eigenvalue weighted by atomic mass is 10.2. The van der Waals surface area contributed by atoms with Gasteiger partial charge in [-0.25, -0.2) is 9.07 Å². The maximum absolute atomic E-state index is 13.5. The van der Waals surface area contributed by atoms with E-state index in [9.17, 15) is 9.18 Å². The SMILES string of the molecule is NC(=O)c1cnn(-c2ccc(N)cc2F)c1. The van der Waals surface area contributed by atoms with Gasteiger partial charge in [-0.15, -0.1) is 0 Å². The highest BCUT2D eigenvalue weighted by Gasteiger charge is 2.09. The number of primary amides is 1. The second kappa shape index (κ2) is 3.65. The molecule has 2 aromatic rings. The Bertz CT molecular complexity index is 550. The van der Waals surface area contributed by atoms with Crippen LogP contribution in [0.1, 0.15) is 10.4 Å². The molecule has 0 spiro atoms. The molecular weight excluding hydrogens is 211 g/mol. The zero-order valence-electron chi connectivity index (χ0n) is 8.22. The molecule has 1 aromatic carbocycles. The van der Waals surface area contributed by atoms with Crippen molar-refractivity contribution in [2.24, 2.45) is 5.73 Å². The standard InChI is InChI=1S/C10H9FN4O/c11-8-3-7(12)1-2-9(8)15-5-6(4-14-15)10(13)16/h1-5H,12H2,(H2,13,16). The van der Waals surface area contributed by atoms with Crippen molar-refractivity contribution in [2.75, 3.05) is 5.73 Å². The molecule has 0 aliphatic rings. The van der Waals surface area contributed by atoms with Crippen LogP contribution in [-0.4, -0.2) is 15.7 Å². The molecule has 1 heterocycles. The number of nitrogen functional groups attached to an aromatic ring is 1. The van der Waals surface area contributed by atoms with Crippen molar-refractivity contribution in [2.45, 2.75) is 0 Å². The average molecular weight is 220 g/mol. The maximum Gasteiger partial charge on any atom is 0.251 e. The molecule has 5 nitrogen and oxygen atoms in total. The van der Waals surface area contributed by atoms with Crippen LogP contribution in [0.5, 0.6) is 0 Å². The molecule has 4 N–H and O–H groups in total. The first kappa shape index (κ1) is 10.2. The Morgan fingerprint density at radius 2 is 2.19 bits per heavy atom. The van der Waals surface area contributed by atoms with Gasteiger partial charge in [0.15, 0.2) is 5.82 Å². The highest BCUT2D eigenvalue weighted by molar-refractivity contribution is 5.92. The van der Waals surface area contributed by atoms with Gasteiger partial charge < -0.3 is 11.5 Å². The van der Waals surface area contributed by atoms with Gasteiger partial charge in [0.2, 0.25) is 0 Å². The largest absolute Gasteiger partial charge is 0.399 e. The molecule has 82 valence electrons. The maximum atomic E-state index is 13.5. The number of amides is 1. The fraction of sp³-hybridized carbons (Fsp3) is 0. The van der Waals surface area contributed by atoms with Crippen LogP contribution in [0.2, 0.25) is 0 Å². The second-order valence-electron chi connectivity index (χ2n) is 3.25. The van der Waals surface area contributed by atoms with Crippen LogP contribution in [-0.2, 0) is 0 Å². The topological polar surface area (TPSA) is 86.9 Å². The van der Waals surface area contributed by atoms with Gasteiger partial charge in [-0.2, -0.15) is 5.10 Å². The highest BCUT2D eigenvalue weighted by Crippen LogP contribution is 2.16. The van der Waals surface area contributed by atoms with Crippen LogP contribution in [0.4, 0.5) is 10.1 Å². The van der Waals surface area contributed by atoms with Gasteiger partial charge in [-0.3, -0.25) is 4.79 Å². The molecule has 1 aromatic heterocycles. The van der Waals surface area contributed by atoms with Crippen molar-refractivity contribution in [3.8, 4) is 5.69 Å². The Balaban J connectivity index is 2.46. The first-order chi connectivity index (χ1) is 7.58. The summed E-state index contributed by atoms with van der Waals surface area (Å²) < 4.78 is 14.7. The summed E-state index contributed by atoms with van der Waals surface area (Å²) >= 11 is 0. The smallest absolute Gasteiger partial charge is 0.251 e. The number of anilines is 1. The van der Waals surface area contributed by atoms with E-state index in [2.05, 4.69) is 5.10 Å². The minimum atomic E-state index is -0.609. The lowest BCUT2D eigenvalue weighted by Gasteiger charge is -2.03. The number of benzene rings is 1. The Hall–Kier alpha value is -2.37. The molecule has 1 amide bonds. The summed E-state index contributed by atoms with van der Waals surface area (Å²) in [5, 5.41) is 3.83. The molecular formula is C10H9FN4O. The normalized spacial score (nSPS) is 10.3. The summed E-state index contributed by atoms with van der Waals surface area (Å²) in [6, 6.07) is 4.20. The molecule has 0 saturated heterocycles. The van der Waals surface area contributed by atoms with Crippen molar-refractivity contribution < 1.29 is 9.18 Å². The van der Waals surface area contributed by atoms with E-state index in [1.807, 2.05) is 0 Å². The van der Waals surface area contributed by atoms with Crippen molar-refractivity contribution in [1.29, 1.82) is 0 Å². The van der Waals surface area contributed by atoms with Crippen LogP contribution in [0.25, 0.3) is 5.69 Å². The van der Waals surface area contributed by atoms with E-state index >= 15 is 0 Å².